The fourth-order valence-electron chi connectivity index (χ4n) is 2.97. The van der Waals surface area contributed by atoms with Gasteiger partial charge < -0.3 is 19.6 Å². The first-order valence-corrected chi connectivity index (χ1v) is 8.50. The normalized spacial score (nSPS) is 10.8. The maximum atomic E-state index is 11.2. The van der Waals surface area contributed by atoms with Gasteiger partial charge in [-0.2, -0.15) is 0 Å². The van der Waals surface area contributed by atoms with E-state index < -0.39 is 4.92 Å². The molecule has 0 fully saturated rings. The number of imidazole rings is 1. The van der Waals surface area contributed by atoms with E-state index in [9.17, 15) is 10.1 Å². The lowest BCUT2D eigenvalue weighted by molar-refractivity contribution is -0.390. The average molecular weight is 376 g/mol. The number of nitrogens with zero attached hydrogens (tertiary/aromatic N) is 4. The van der Waals surface area contributed by atoms with E-state index in [0.29, 0.717) is 5.82 Å². The van der Waals surface area contributed by atoms with Gasteiger partial charge in [-0.25, -0.2) is 4.98 Å². The smallest absolute Gasteiger partial charge is 0.406 e. The van der Waals surface area contributed by atoms with Gasteiger partial charge in [-0.1, -0.05) is 12.1 Å². The van der Waals surface area contributed by atoms with E-state index in [1.807, 2.05) is 53.1 Å². The molecule has 0 atom stereocenters. The molecule has 0 radical (unpaired) electrons. The van der Waals surface area contributed by atoms with Gasteiger partial charge in [-0.3, -0.25) is 4.57 Å². The van der Waals surface area contributed by atoms with Crippen molar-refractivity contribution in [3.63, 3.8) is 0 Å². The second-order valence-corrected chi connectivity index (χ2v) is 5.92. The quantitative estimate of drug-likeness (QED) is 0.374. The number of para-hydroxylation sites is 2. The summed E-state index contributed by atoms with van der Waals surface area (Å²) < 4.78 is 12.9. The first-order valence-electron chi connectivity index (χ1n) is 8.50. The Kier molecular flexibility index (Phi) is 4.59. The van der Waals surface area contributed by atoms with Crippen LogP contribution in [0.2, 0.25) is 0 Å². The molecule has 0 aliphatic heterocycles. The lowest BCUT2D eigenvalue weighted by atomic mass is 10.2. The summed E-state index contributed by atoms with van der Waals surface area (Å²) in [5.74, 6) is 1.14. The number of pyridine rings is 1. The van der Waals surface area contributed by atoms with E-state index in [2.05, 4.69) is 9.97 Å². The van der Waals surface area contributed by atoms with Crippen molar-refractivity contribution in [1.82, 2.24) is 14.5 Å². The monoisotopic (exact) mass is 376 g/mol. The van der Waals surface area contributed by atoms with Crippen molar-refractivity contribution in [2.45, 2.75) is 6.61 Å². The van der Waals surface area contributed by atoms with E-state index in [-0.39, 0.29) is 18.2 Å². The van der Waals surface area contributed by atoms with Crippen LogP contribution in [0, 0.1) is 10.1 Å². The maximum Gasteiger partial charge on any atom is 0.406 e. The molecule has 0 aliphatic carbocycles. The standard InChI is InChI=1S/C20H16N4O4/c1-27-15-10-8-14(9-11-15)23-17-6-3-2-5-16(17)22-19(23)13-28-18-7-4-12-21-20(18)24(25)26/h2-12H,13H2,1H3. The second kappa shape index (κ2) is 7.36. The van der Waals surface area contributed by atoms with Crippen molar-refractivity contribution < 1.29 is 14.4 Å². The van der Waals surface area contributed by atoms with Crippen molar-refractivity contribution in [2.24, 2.45) is 0 Å². The zero-order valence-corrected chi connectivity index (χ0v) is 15.0. The number of fused-ring (bicyclic) bond motifs is 1. The third-order valence-corrected chi connectivity index (χ3v) is 4.24. The number of methoxy groups -OCH3 is 1. The van der Waals surface area contributed by atoms with Crippen molar-refractivity contribution >= 4 is 16.9 Å². The van der Waals surface area contributed by atoms with Crippen molar-refractivity contribution in [1.29, 1.82) is 0 Å². The molecule has 0 N–H and O–H groups in total. The summed E-state index contributed by atoms with van der Waals surface area (Å²) in [5, 5.41) is 11.2. The molecule has 4 rings (SSSR count). The molecule has 0 spiro atoms. The topological polar surface area (TPSA) is 92.3 Å². The highest BCUT2D eigenvalue weighted by atomic mass is 16.6. The zero-order chi connectivity index (χ0) is 19.5. The molecule has 0 saturated heterocycles. The number of aromatic nitrogens is 3. The van der Waals surface area contributed by atoms with Crippen molar-refractivity contribution in [3.05, 3.63) is 82.8 Å². The van der Waals surface area contributed by atoms with Crippen LogP contribution in [0.1, 0.15) is 5.82 Å². The Hall–Kier alpha value is -3.94. The molecule has 0 aliphatic rings. The van der Waals surface area contributed by atoms with Crippen LogP contribution in [0.4, 0.5) is 5.82 Å². The van der Waals surface area contributed by atoms with Gasteiger partial charge in [0, 0.05) is 5.69 Å². The Morgan fingerprint density at radius 3 is 2.61 bits per heavy atom. The highest BCUT2D eigenvalue weighted by Gasteiger charge is 2.18. The minimum Gasteiger partial charge on any atom is -0.497 e. The minimum absolute atomic E-state index is 0.0489. The molecule has 8 nitrogen and oxygen atoms in total. The fraction of sp³-hybridized carbons (Fsp3) is 0.100. The van der Waals surface area contributed by atoms with Gasteiger partial charge in [0.25, 0.3) is 0 Å². The molecular formula is C20H16N4O4. The molecular weight excluding hydrogens is 360 g/mol. The number of ether oxygens (including phenoxy) is 2. The van der Waals surface area contributed by atoms with Gasteiger partial charge in [0.15, 0.2) is 5.82 Å². The van der Waals surface area contributed by atoms with E-state index in [1.165, 1.54) is 12.3 Å². The van der Waals surface area contributed by atoms with Gasteiger partial charge in [0.1, 0.15) is 18.6 Å². The zero-order valence-electron chi connectivity index (χ0n) is 15.0. The molecule has 2 heterocycles. The van der Waals surface area contributed by atoms with Crippen LogP contribution in [-0.2, 0) is 6.61 Å². The molecule has 0 unspecified atom stereocenters. The van der Waals surface area contributed by atoms with Gasteiger partial charge in [-0.05, 0) is 58.4 Å². The van der Waals surface area contributed by atoms with Gasteiger partial charge >= 0.3 is 5.82 Å². The minimum atomic E-state index is -0.568. The van der Waals surface area contributed by atoms with Crippen LogP contribution >= 0.6 is 0 Å². The van der Waals surface area contributed by atoms with Crippen molar-refractivity contribution in [3.8, 4) is 17.2 Å². The van der Waals surface area contributed by atoms with Crippen LogP contribution in [-0.4, -0.2) is 26.6 Å². The molecule has 2 aromatic heterocycles. The Labute approximate surface area is 160 Å². The first kappa shape index (κ1) is 17.5. The predicted octanol–water partition coefficient (Wildman–Crippen LogP) is 3.92. The summed E-state index contributed by atoms with van der Waals surface area (Å²) in [7, 11) is 1.61. The van der Waals surface area contributed by atoms with Crippen LogP contribution < -0.4 is 9.47 Å². The van der Waals surface area contributed by atoms with E-state index in [1.54, 1.807) is 13.2 Å². The molecule has 0 saturated carbocycles. The lowest BCUT2D eigenvalue weighted by Gasteiger charge is -2.11. The highest BCUT2D eigenvalue weighted by Crippen LogP contribution is 2.27. The summed E-state index contributed by atoms with van der Waals surface area (Å²) >= 11 is 0. The Bertz CT molecular complexity index is 1140. The van der Waals surface area contributed by atoms with Gasteiger partial charge in [0.2, 0.25) is 5.75 Å². The van der Waals surface area contributed by atoms with Gasteiger partial charge in [-0.15, -0.1) is 0 Å². The fourth-order valence-corrected chi connectivity index (χ4v) is 2.97. The summed E-state index contributed by atoms with van der Waals surface area (Å²) in [6.45, 7) is 0.0489. The van der Waals surface area contributed by atoms with E-state index >= 15 is 0 Å². The summed E-state index contributed by atoms with van der Waals surface area (Å²) in [6.07, 6.45) is 1.36. The molecule has 0 bridgehead atoms. The number of hydrogen-bond acceptors (Lipinski definition) is 6. The Balaban J connectivity index is 1.74. The average Bonchev–Trinajstić information content (AvgIpc) is 3.11. The summed E-state index contributed by atoms with van der Waals surface area (Å²) in [6, 6.07) is 18.4. The third-order valence-electron chi connectivity index (χ3n) is 4.24. The van der Waals surface area contributed by atoms with E-state index in [4.69, 9.17) is 9.47 Å². The van der Waals surface area contributed by atoms with Crippen LogP contribution in [0.15, 0.2) is 66.9 Å². The Morgan fingerprint density at radius 2 is 1.86 bits per heavy atom. The van der Waals surface area contributed by atoms with Crippen LogP contribution in [0.25, 0.3) is 16.7 Å². The summed E-state index contributed by atoms with van der Waals surface area (Å²) in [5.41, 5.74) is 2.60. The largest absolute Gasteiger partial charge is 0.497 e. The number of nitro groups is 1. The molecule has 140 valence electrons. The molecule has 0 amide bonds. The molecule has 4 aromatic rings. The number of rotatable bonds is 6. The number of benzene rings is 2. The highest BCUT2D eigenvalue weighted by molar-refractivity contribution is 5.78. The van der Waals surface area contributed by atoms with Crippen molar-refractivity contribution in [2.75, 3.05) is 7.11 Å². The Morgan fingerprint density at radius 1 is 1.07 bits per heavy atom. The summed E-state index contributed by atoms with van der Waals surface area (Å²) in [4.78, 5) is 19.0. The molecule has 8 heteroatoms. The van der Waals surface area contributed by atoms with E-state index in [0.717, 1.165) is 22.5 Å². The first-order chi connectivity index (χ1) is 13.7. The van der Waals surface area contributed by atoms with Crippen LogP contribution in [0.5, 0.6) is 11.5 Å². The SMILES string of the molecule is COc1ccc(-n2c(COc3cccnc3[N+](=O)[O-])nc3ccccc32)cc1. The molecule has 2 aromatic carbocycles. The number of hydrogen-bond donors (Lipinski definition) is 0. The third kappa shape index (κ3) is 3.23. The molecule has 28 heavy (non-hydrogen) atoms. The maximum absolute atomic E-state index is 11.2. The van der Waals surface area contributed by atoms with Crippen LogP contribution in [0.3, 0.4) is 0 Å². The lowest BCUT2D eigenvalue weighted by Crippen LogP contribution is -2.07. The van der Waals surface area contributed by atoms with Gasteiger partial charge in [0.05, 0.1) is 18.1 Å². The predicted molar refractivity (Wildman–Crippen MR) is 103 cm³/mol. The second-order valence-electron chi connectivity index (χ2n) is 5.92.